The maximum Gasteiger partial charge on any atom is 0.135 e. The second-order valence-electron chi connectivity index (χ2n) is 6.42. The summed E-state index contributed by atoms with van der Waals surface area (Å²) >= 11 is 0. The largest absolute Gasteiger partial charge is 0.390 e. The molecule has 126 valence electrons. The van der Waals surface area contributed by atoms with Gasteiger partial charge >= 0.3 is 0 Å². The molecule has 1 aromatic carbocycles. The van der Waals surface area contributed by atoms with Gasteiger partial charge < -0.3 is 19.5 Å². The molecule has 2 N–H and O–H groups in total. The first-order chi connectivity index (χ1) is 11.1. The number of benzene rings is 1. The van der Waals surface area contributed by atoms with Gasteiger partial charge in [-0.2, -0.15) is 0 Å². The Morgan fingerprint density at radius 2 is 1.91 bits per heavy atom. The molecule has 1 aliphatic rings. The highest BCUT2D eigenvalue weighted by atomic mass is 16.5. The van der Waals surface area contributed by atoms with Crippen LogP contribution in [0.25, 0.3) is 11.0 Å². The van der Waals surface area contributed by atoms with Gasteiger partial charge in [0.25, 0.3) is 0 Å². The maximum atomic E-state index is 10.5. The van der Waals surface area contributed by atoms with Gasteiger partial charge in [0.15, 0.2) is 0 Å². The first kappa shape index (κ1) is 16.4. The van der Waals surface area contributed by atoms with Crippen LogP contribution in [0.1, 0.15) is 19.7 Å². The van der Waals surface area contributed by atoms with E-state index in [4.69, 9.17) is 4.74 Å². The minimum atomic E-state index is -0.518. The number of imidazole rings is 1. The lowest BCUT2D eigenvalue weighted by atomic mass is 10.2. The predicted octanol–water partition coefficient (Wildman–Crippen LogP) is 0.999. The van der Waals surface area contributed by atoms with E-state index in [1.165, 1.54) is 0 Å². The Morgan fingerprint density at radius 3 is 2.61 bits per heavy atom. The van der Waals surface area contributed by atoms with Crippen LogP contribution in [0.3, 0.4) is 0 Å². The van der Waals surface area contributed by atoms with Gasteiger partial charge in [-0.25, -0.2) is 4.98 Å². The van der Waals surface area contributed by atoms with Crippen molar-refractivity contribution in [1.29, 1.82) is 0 Å². The van der Waals surface area contributed by atoms with Gasteiger partial charge in [-0.3, -0.25) is 4.90 Å². The van der Waals surface area contributed by atoms with E-state index in [-0.39, 0.29) is 18.8 Å². The van der Waals surface area contributed by atoms with Crippen LogP contribution in [0.15, 0.2) is 24.3 Å². The Labute approximate surface area is 136 Å². The molecular formula is C17H25N3O3. The Morgan fingerprint density at radius 1 is 1.22 bits per heavy atom. The molecule has 3 unspecified atom stereocenters. The van der Waals surface area contributed by atoms with E-state index in [2.05, 4.69) is 23.7 Å². The molecule has 0 bridgehead atoms. The van der Waals surface area contributed by atoms with Crippen molar-refractivity contribution >= 4 is 11.0 Å². The highest BCUT2D eigenvalue weighted by Gasteiger charge is 2.24. The van der Waals surface area contributed by atoms with E-state index in [1.807, 2.05) is 28.8 Å². The Kier molecular flexibility index (Phi) is 4.96. The molecule has 1 fully saturated rings. The topological polar surface area (TPSA) is 70.8 Å². The highest BCUT2D eigenvalue weighted by molar-refractivity contribution is 5.75. The summed E-state index contributed by atoms with van der Waals surface area (Å²) in [5.74, 6) is 0.592. The summed E-state index contributed by atoms with van der Waals surface area (Å²) in [5, 5.41) is 20.0. The molecule has 0 radical (unpaired) electrons. The van der Waals surface area contributed by atoms with Crippen molar-refractivity contribution in [2.24, 2.45) is 0 Å². The summed E-state index contributed by atoms with van der Waals surface area (Å²) in [5.41, 5.74) is 1.79. The fourth-order valence-corrected chi connectivity index (χ4v) is 3.45. The summed E-state index contributed by atoms with van der Waals surface area (Å²) < 4.78 is 7.64. The number of rotatable bonds is 5. The molecule has 3 atom stereocenters. The standard InChI is InChI=1S/C17H25N3O3/c1-12-7-19(8-13(2)23-12)9-14(22)10-20-16-6-4-3-5-15(16)18-17(20)11-21/h3-6,12-14,21-22H,7-11H2,1-2H3. The fraction of sp³-hybridized carbons (Fsp3) is 0.588. The van der Waals surface area contributed by atoms with Gasteiger partial charge in [0, 0.05) is 19.6 Å². The van der Waals surface area contributed by atoms with Crippen molar-refractivity contribution in [2.45, 2.75) is 45.3 Å². The van der Waals surface area contributed by atoms with Crippen LogP contribution in [0, 0.1) is 0 Å². The van der Waals surface area contributed by atoms with Crippen molar-refractivity contribution in [2.75, 3.05) is 19.6 Å². The molecule has 6 heteroatoms. The smallest absolute Gasteiger partial charge is 0.135 e. The summed E-state index contributed by atoms with van der Waals surface area (Å²) in [6.07, 6.45) is -0.142. The quantitative estimate of drug-likeness (QED) is 0.860. The SMILES string of the molecule is CC1CN(CC(O)Cn2c(CO)nc3ccccc32)CC(C)O1. The Hall–Kier alpha value is -1.47. The lowest BCUT2D eigenvalue weighted by molar-refractivity contribution is -0.0772. The third-order valence-corrected chi connectivity index (χ3v) is 4.23. The van der Waals surface area contributed by atoms with Crippen LogP contribution in [-0.4, -0.2) is 62.6 Å². The summed E-state index contributed by atoms with van der Waals surface area (Å²) in [7, 11) is 0. The van der Waals surface area contributed by atoms with E-state index >= 15 is 0 Å². The number of aromatic nitrogens is 2. The van der Waals surface area contributed by atoms with Crippen molar-refractivity contribution < 1.29 is 14.9 Å². The molecule has 3 rings (SSSR count). The number of aliphatic hydroxyl groups excluding tert-OH is 2. The van der Waals surface area contributed by atoms with Crippen molar-refractivity contribution in [1.82, 2.24) is 14.5 Å². The number of nitrogens with zero attached hydrogens (tertiary/aromatic N) is 3. The zero-order chi connectivity index (χ0) is 16.4. The van der Waals surface area contributed by atoms with Crippen molar-refractivity contribution in [3.63, 3.8) is 0 Å². The first-order valence-corrected chi connectivity index (χ1v) is 8.17. The monoisotopic (exact) mass is 319 g/mol. The van der Waals surface area contributed by atoms with Crippen LogP contribution in [0.5, 0.6) is 0 Å². The van der Waals surface area contributed by atoms with Crippen LogP contribution in [-0.2, 0) is 17.9 Å². The molecule has 0 amide bonds. The number of morpholine rings is 1. The minimum Gasteiger partial charge on any atom is -0.390 e. The van der Waals surface area contributed by atoms with E-state index in [0.717, 1.165) is 24.1 Å². The molecule has 0 aliphatic carbocycles. The molecule has 1 aliphatic heterocycles. The third kappa shape index (κ3) is 3.72. The molecule has 2 aromatic rings. The normalized spacial score (nSPS) is 24.2. The molecule has 0 saturated carbocycles. The van der Waals surface area contributed by atoms with Crippen molar-refractivity contribution in [3.8, 4) is 0 Å². The van der Waals surface area contributed by atoms with Crippen LogP contribution in [0.2, 0.25) is 0 Å². The van der Waals surface area contributed by atoms with Gasteiger partial charge in [0.2, 0.25) is 0 Å². The predicted molar refractivity (Wildman–Crippen MR) is 88.1 cm³/mol. The summed E-state index contributed by atoms with van der Waals surface area (Å²) in [4.78, 5) is 6.66. The first-order valence-electron chi connectivity index (χ1n) is 8.17. The number of fused-ring (bicyclic) bond motifs is 1. The summed E-state index contributed by atoms with van der Waals surface area (Å²) in [6, 6.07) is 7.75. The number of ether oxygens (including phenoxy) is 1. The van der Waals surface area contributed by atoms with Crippen molar-refractivity contribution in [3.05, 3.63) is 30.1 Å². The van der Waals surface area contributed by atoms with E-state index in [9.17, 15) is 10.2 Å². The molecule has 23 heavy (non-hydrogen) atoms. The number of aliphatic hydroxyl groups is 2. The van der Waals surface area contributed by atoms with Gasteiger partial charge in [-0.15, -0.1) is 0 Å². The lowest BCUT2D eigenvalue weighted by Crippen LogP contribution is -2.48. The zero-order valence-corrected chi connectivity index (χ0v) is 13.7. The minimum absolute atomic E-state index is 0.132. The van der Waals surface area contributed by atoms with Gasteiger partial charge in [0.05, 0.1) is 35.9 Å². The average molecular weight is 319 g/mol. The number of para-hydroxylation sites is 2. The number of hydrogen-bond acceptors (Lipinski definition) is 5. The summed E-state index contributed by atoms with van der Waals surface area (Å²) in [6.45, 7) is 6.67. The Bertz CT molecular complexity index is 648. The maximum absolute atomic E-state index is 10.5. The molecule has 0 spiro atoms. The second kappa shape index (κ2) is 6.97. The van der Waals surface area contributed by atoms with Gasteiger partial charge in [-0.05, 0) is 26.0 Å². The highest BCUT2D eigenvalue weighted by Crippen LogP contribution is 2.17. The zero-order valence-electron chi connectivity index (χ0n) is 13.7. The third-order valence-electron chi connectivity index (χ3n) is 4.23. The number of hydrogen-bond donors (Lipinski definition) is 2. The van der Waals surface area contributed by atoms with Gasteiger partial charge in [-0.1, -0.05) is 12.1 Å². The van der Waals surface area contributed by atoms with E-state index < -0.39 is 6.10 Å². The van der Waals surface area contributed by atoms with Crippen LogP contribution in [0.4, 0.5) is 0 Å². The molecule has 2 heterocycles. The second-order valence-corrected chi connectivity index (χ2v) is 6.42. The van der Waals surface area contributed by atoms with Crippen LogP contribution < -0.4 is 0 Å². The van der Waals surface area contributed by atoms with E-state index in [0.29, 0.717) is 18.9 Å². The fourth-order valence-electron chi connectivity index (χ4n) is 3.45. The molecule has 1 aromatic heterocycles. The van der Waals surface area contributed by atoms with Crippen LogP contribution >= 0.6 is 0 Å². The number of β-amino-alcohol motifs (C(OH)–C–C–N with tert-alkyl or cyclic N) is 1. The van der Waals surface area contributed by atoms with Gasteiger partial charge in [0.1, 0.15) is 12.4 Å². The molecular weight excluding hydrogens is 294 g/mol. The lowest BCUT2D eigenvalue weighted by Gasteiger charge is -2.36. The molecule has 6 nitrogen and oxygen atoms in total. The van der Waals surface area contributed by atoms with E-state index in [1.54, 1.807) is 0 Å². The molecule has 1 saturated heterocycles. The average Bonchev–Trinajstić information content (AvgIpc) is 2.84. The Balaban J connectivity index is 1.71.